The summed E-state index contributed by atoms with van der Waals surface area (Å²) in [4.78, 5) is 14.2. The highest BCUT2D eigenvalue weighted by Gasteiger charge is 2.35. The molecule has 1 saturated carbocycles. The van der Waals surface area contributed by atoms with Gasteiger partial charge < -0.3 is 4.90 Å². The molecule has 3 rings (SSSR count). The second-order valence-electron chi connectivity index (χ2n) is 6.09. The van der Waals surface area contributed by atoms with E-state index in [1.165, 1.54) is 24.8 Å². The summed E-state index contributed by atoms with van der Waals surface area (Å²) in [5.74, 6) is 1.52. The number of likely N-dealkylation sites (tertiary alicyclic amines) is 1. The van der Waals surface area contributed by atoms with Gasteiger partial charge in [-0.2, -0.15) is 0 Å². The van der Waals surface area contributed by atoms with Crippen molar-refractivity contribution in [3.05, 3.63) is 35.9 Å². The molecule has 0 radical (unpaired) electrons. The van der Waals surface area contributed by atoms with Crippen molar-refractivity contribution in [3.8, 4) is 0 Å². The molecular formula is C17H23NO. The molecular weight excluding hydrogens is 234 g/mol. The van der Waals surface area contributed by atoms with E-state index in [1.54, 1.807) is 0 Å². The standard InChI is InChI=1S/C17H23NO/c19-17(16-10-11-16)18-12-4-7-15(13-18)9-8-14-5-2-1-3-6-14/h1-3,5-6,15-16H,4,7-13H2. The summed E-state index contributed by atoms with van der Waals surface area (Å²) >= 11 is 0. The molecule has 0 bridgehead atoms. The lowest BCUT2D eigenvalue weighted by Gasteiger charge is -2.33. The third-order valence-corrected chi connectivity index (χ3v) is 4.44. The molecule has 2 fully saturated rings. The Bertz CT molecular complexity index is 424. The van der Waals surface area contributed by atoms with Crippen LogP contribution >= 0.6 is 0 Å². The molecule has 0 N–H and O–H groups in total. The molecule has 1 amide bonds. The van der Waals surface area contributed by atoms with Crippen molar-refractivity contribution in [1.29, 1.82) is 0 Å². The maximum Gasteiger partial charge on any atom is 0.225 e. The number of benzene rings is 1. The van der Waals surface area contributed by atoms with E-state index in [0.29, 0.717) is 17.7 Å². The van der Waals surface area contributed by atoms with Crippen LogP contribution in [0.2, 0.25) is 0 Å². The first kappa shape index (κ1) is 12.7. The maximum absolute atomic E-state index is 12.1. The lowest BCUT2D eigenvalue weighted by Crippen LogP contribution is -2.40. The van der Waals surface area contributed by atoms with E-state index in [9.17, 15) is 4.79 Å². The highest BCUT2D eigenvalue weighted by atomic mass is 16.2. The smallest absolute Gasteiger partial charge is 0.225 e. The molecule has 1 aromatic carbocycles. The number of hydrogen-bond acceptors (Lipinski definition) is 1. The number of piperidine rings is 1. The Morgan fingerprint density at radius 3 is 2.68 bits per heavy atom. The number of amides is 1. The molecule has 0 spiro atoms. The van der Waals surface area contributed by atoms with Crippen LogP contribution in [0.25, 0.3) is 0 Å². The van der Waals surface area contributed by atoms with Crippen molar-refractivity contribution in [2.24, 2.45) is 11.8 Å². The van der Waals surface area contributed by atoms with Crippen molar-refractivity contribution < 1.29 is 4.79 Å². The van der Waals surface area contributed by atoms with Gasteiger partial charge in [-0.05, 0) is 50.0 Å². The molecule has 102 valence electrons. The molecule has 1 atom stereocenters. The molecule has 1 heterocycles. The molecule has 0 aromatic heterocycles. The summed E-state index contributed by atoms with van der Waals surface area (Å²) < 4.78 is 0. The minimum atomic E-state index is 0.382. The van der Waals surface area contributed by atoms with Crippen LogP contribution in [0.3, 0.4) is 0 Å². The number of rotatable bonds is 4. The Morgan fingerprint density at radius 1 is 1.16 bits per heavy atom. The van der Waals surface area contributed by atoms with Crippen molar-refractivity contribution >= 4 is 5.91 Å². The second-order valence-corrected chi connectivity index (χ2v) is 6.09. The van der Waals surface area contributed by atoms with Crippen LogP contribution in [-0.4, -0.2) is 23.9 Å². The summed E-state index contributed by atoms with van der Waals surface area (Å²) in [5.41, 5.74) is 1.42. The molecule has 19 heavy (non-hydrogen) atoms. The van der Waals surface area contributed by atoms with Crippen LogP contribution < -0.4 is 0 Å². The van der Waals surface area contributed by atoms with Gasteiger partial charge in [0.25, 0.3) is 0 Å². The van der Waals surface area contributed by atoms with Crippen LogP contribution in [0.1, 0.15) is 37.7 Å². The predicted molar refractivity (Wildman–Crippen MR) is 76.8 cm³/mol. The van der Waals surface area contributed by atoms with Gasteiger partial charge in [-0.25, -0.2) is 0 Å². The number of carbonyl (C=O) groups is 1. The van der Waals surface area contributed by atoms with E-state index in [4.69, 9.17) is 0 Å². The third-order valence-electron chi connectivity index (χ3n) is 4.44. The van der Waals surface area contributed by atoms with Gasteiger partial charge in [0.1, 0.15) is 0 Å². The number of nitrogens with zero attached hydrogens (tertiary/aromatic N) is 1. The lowest BCUT2D eigenvalue weighted by molar-refractivity contribution is -0.134. The first-order valence-electron chi connectivity index (χ1n) is 7.65. The summed E-state index contributed by atoms with van der Waals surface area (Å²) in [6.45, 7) is 2.00. The normalized spacial score (nSPS) is 23.4. The Labute approximate surface area is 115 Å². The largest absolute Gasteiger partial charge is 0.342 e. The van der Waals surface area contributed by atoms with E-state index < -0.39 is 0 Å². The number of aryl methyl sites for hydroxylation is 1. The highest BCUT2D eigenvalue weighted by Crippen LogP contribution is 2.33. The van der Waals surface area contributed by atoms with Gasteiger partial charge in [0.2, 0.25) is 5.91 Å². The number of hydrogen-bond donors (Lipinski definition) is 0. The molecule has 1 aromatic rings. The van der Waals surface area contributed by atoms with Crippen molar-refractivity contribution in [2.75, 3.05) is 13.1 Å². The topological polar surface area (TPSA) is 20.3 Å². The van der Waals surface area contributed by atoms with Gasteiger partial charge in [-0.15, -0.1) is 0 Å². The van der Waals surface area contributed by atoms with Crippen molar-refractivity contribution in [3.63, 3.8) is 0 Å². The highest BCUT2D eigenvalue weighted by molar-refractivity contribution is 5.81. The lowest BCUT2D eigenvalue weighted by atomic mass is 9.91. The van der Waals surface area contributed by atoms with E-state index in [0.717, 1.165) is 32.4 Å². The first-order chi connectivity index (χ1) is 9.33. The minimum absolute atomic E-state index is 0.382. The fraction of sp³-hybridized carbons (Fsp3) is 0.588. The minimum Gasteiger partial charge on any atom is -0.342 e. The Hall–Kier alpha value is -1.31. The first-order valence-corrected chi connectivity index (χ1v) is 7.65. The Morgan fingerprint density at radius 2 is 1.95 bits per heavy atom. The fourth-order valence-electron chi connectivity index (χ4n) is 3.10. The molecule has 2 aliphatic rings. The van der Waals surface area contributed by atoms with Crippen molar-refractivity contribution in [2.45, 2.75) is 38.5 Å². The zero-order chi connectivity index (χ0) is 13.1. The molecule has 2 heteroatoms. The zero-order valence-electron chi connectivity index (χ0n) is 11.6. The summed E-state index contributed by atoms with van der Waals surface area (Å²) in [5, 5.41) is 0. The Balaban J connectivity index is 1.49. The third kappa shape index (κ3) is 3.37. The van der Waals surface area contributed by atoms with Gasteiger partial charge in [0.15, 0.2) is 0 Å². The van der Waals surface area contributed by atoms with Crippen molar-refractivity contribution in [1.82, 2.24) is 4.90 Å². The summed E-state index contributed by atoms with van der Waals surface area (Å²) in [6, 6.07) is 10.7. The maximum atomic E-state index is 12.1. The van der Waals surface area contributed by atoms with Crippen LogP contribution in [0.4, 0.5) is 0 Å². The second kappa shape index (κ2) is 5.77. The van der Waals surface area contributed by atoms with E-state index in [-0.39, 0.29) is 0 Å². The zero-order valence-corrected chi connectivity index (χ0v) is 11.6. The average Bonchev–Trinajstić information content (AvgIpc) is 3.30. The predicted octanol–water partition coefficient (Wildman–Crippen LogP) is 3.27. The average molecular weight is 257 g/mol. The summed E-state index contributed by atoms with van der Waals surface area (Å²) in [6.07, 6.45) is 7.11. The van der Waals surface area contributed by atoms with E-state index in [1.807, 2.05) is 0 Å². The molecule has 1 aliphatic carbocycles. The van der Waals surface area contributed by atoms with Crippen LogP contribution in [0.5, 0.6) is 0 Å². The quantitative estimate of drug-likeness (QED) is 0.810. The van der Waals surface area contributed by atoms with E-state index in [2.05, 4.69) is 35.2 Å². The van der Waals surface area contributed by atoms with Crippen LogP contribution in [-0.2, 0) is 11.2 Å². The fourth-order valence-corrected chi connectivity index (χ4v) is 3.10. The summed E-state index contributed by atoms with van der Waals surface area (Å²) in [7, 11) is 0. The van der Waals surface area contributed by atoms with Gasteiger partial charge in [0.05, 0.1) is 0 Å². The van der Waals surface area contributed by atoms with Gasteiger partial charge in [-0.3, -0.25) is 4.79 Å². The molecule has 2 nitrogen and oxygen atoms in total. The SMILES string of the molecule is O=C(C1CC1)N1CCCC(CCc2ccccc2)C1. The van der Waals surface area contributed by atoms with Gasteiger partial charge in [0, 0.05) is 19.0 Å². The van der Waals surface area contributed by atoms with Crippen LogP contribution in [0.15, 0.2) is 30.3 Å². The monoisotopic (exact) mass is 257 g/mol. The number of carbonyl (C=O) groups excluding carboxylic acids is 1. The Kier molecular flexibility index (Phi) is 3.86. The molecule has 1 aliphatic heterocycles. The molecule has 1 unspecified atom stereocenters. The van der Waals surface area contributed by atoms with Gasteiger partial charge >= 0.3 is 0 Å². The van der Waals surface area contributed by atoms with E-state index >= 15 is 0 Å². The van der Waals surface area contributed by atoms with Gasteiger partial charge in [-0.1, -0.05) is 30.3 Å². The van der Waals surface area contributed by atoms with Crippen LogP contribution in [0, 0.1) is 11.8 Å². The molecule has 1 saturated heterocycles.